The smallest absolute Gasteiger partial charge is 0.129 e. The zero-order valence-electron chi connectivity index (χ0n) is 11.8. The predicted octanol–water partition coefficient (Wildman–Crippen LogP) is 3.19. The monoisotopic (exact) mass is 258 g/mol. The third-order valence-electron chi connectivity index (χ3n) is 3.40. The van der Waals surface area contributed by atoms with Crippen LogP contribution >= 0.6 is 0 Å². The van der Waals surface area contributed by atoms with Crippen LogP contribution in [0.2, 0.25) is 0 Å². The molecule has 0 saturated heterocycles. The zero-order valence-corrected chi connectivity index (χ0v) is 11.8. The van der Waals surface area contributed by atoms with Crippen LogP contribution in [0.15, 0.2) is 24.5 Å². The van der Waals surface area contributed by atoms with E-state index in [2.05, 4.69) is 17.0 Å². The summed E-state index contributed by atoms with van der Waals surface area (Å²) in [5.41, 5.74) is 9.42. The summed E-state index contributed by atoms with van der Waals surface area (Å²) in [6.07, 6.45) is 9.54. The molecule has 2 N–H and O–H groups in total. The molecule has 0 spiro atoms. The normalized spacial score (nSPS) is 10.8. The molecule has 19 heavy (non-hydrogen) atoms. The van der Waals surface area contributed by atoms with Crippen LogP contribution in [0.5, 0.6) is 0 Å². The van der Waals surface area contributed by atoms with Crippen LogP contribution < -0.4 is 5.73 Å². The van der Waals surface area contributed by atoms with Crippen LogP contribution in [0.25, 0.3) is 11.1 Å². The molecule has 0 aliphatic carbocycles. The van der Waals surface area contributed by atoms with Gasteiger partial charge in [0.05, 0.1) is 5.69 Å². The topological polar surface area (TPSA) is 56.7 Å². The average molecular weight is 258 g/mol. The van der Waals surface area contributed by atoms with Crippen molar-refractivity contribution in [1.29, 1.82) is 0 Å². The number of pyridine rings is 1. The lowest BCUT2D eigenvalue weighted by molar-refractivity contribution is 0.651. The van der Waals surface area contributed by atoms with E-state index in [9.17, 15) is 0 Å². The Morgan fingerprint density at radius 3 is 2.58 bits per heavy atom. The third-order valence-corrected chi connectivity index (χ3v) is 3.40. The van der Waals surface area contributed by atoms with Crippen molar-refractivity contribution in [2.45, 2.75) is 39.0 Å². The fraction of sp³-hybridized carbons (Fsp3) is 0.467. The molecule has 102 valence electrons. The van der Waals surface area contributed by atoms with Gasteiger partial charge in [-0.1, -0.05) is 26.2 Å². The highest BCUT2D eigenvalue weighted by atomic mass is 15.3. The van der Waals surface area contributed by atoms with Gasteiger partial charge in [0, 0.05) is 25.0 Å². The van der Waals surface area contributed by atoms with Gasteiger partial charge in [0.25, 0.3) is 0 Å². The van der Waals surface area contributed by atoms with Gasteiger partial charge in [-0.3, -0.25) is 9.67 Å². The molecule has 0 fully saturated rings. The summed E-state index contributed by atoms with van der Waals surface area (Å²) in [5, 5.41) is 4.56. The molecule has 4 heteroatoms. The Bertz CT molecular complexity index is 516. The number of nitrogens with two attached hydrogens (primary N) is 1. The van der Waals surface area contributed by atoms with E-state index in [0.29, 0.717) is 0 Å². The van der Waals surface area contributed by atoms with Crippen molar-refractivity contribution in [3.8, 4) is 11.1 Å². The third kappa shape index (κ3) is 3.13. The van der Waals surface area contributed by atoms with E-state index in [1.54, 1.807) is 17.1 Å². The quantitative estimate of drug-likeness (QED) is 0.809. The average Bonchev–Trinajstić information content (AvgIpc) is 2.71. The van der Waals surface area contributed by atoms with E-state index in [1.165, 1.54) is 25.7 Å². The summed E-state index contributed by atoms with van der Waals surface area (Å²) in [6, 6.07) is 3.98. The molecular formula is C15H22N4. The van der Waals surface area contributed by atoms with Gasteiger partial charge in [-0.25, -0.2) is 0 Å². The van der Waals surface area contributed by atoms with Gasteiger partial charge in [-0.2, -0.15) is 5.10 Å². The molecule has 2 rings (SSSR count). The first-order valence-corrected chi connectivity index (χ1v) is 6.95. The highest BCUT2D eigenvalue weighted by Gasteiger charge is 2.15. The minimum atomic E-state index is 0.733. The maximum Gasteiger partial charge on any atom is 0.129 e. The number of nitrogen functional groups attached to an aromatic ring is 1. The second kappa shape index (κ2) is 6.36. The van der Waals surface area contributed by atoms with Crippen molar-refractivity contribution in [2.24, 2.45) is 7.05 Å². The van der Waals surface area contributed by atoms with Gasteiger partial charge >= 0.3 is 0 Å². The molecule has 0 aliphatic rings. The largest absolute Gasteiger partial charge is 0.383 e. The first kappa shape index (κ1) is 13.6. The van der Waals surface area contributed by atoms with Gasteiger partial charge in [-0.05, 0) is 30.5 Å². The SMILES string of the molecule is CCCCCCc1nn(C)c(N)c1-c1ccncc1. The van der Waals surface area contributed by atoms with Crippen molar-refractivity contribution >= 4 is 5.82 Å². The molecular weight excluding hydrogens is 236 g/mol. The number of hydrogen-bond acceptors (Lipinski definition) is 3. The molecule has 0 unspecified atom stereocenters. The molecule has 0 aliphatic heterocycles. The van der Waals surface area contributed by atoms with Crippen molar-refractivity contribution in [3.63, 3.8) is 0 Å². The van der Waals surface area contributed by atoms with E-state index in [0.717, 1.165) is 29.1 Å². The van der Waals surface area contributed by atoms with Gasteiger partial charge in [-0.15, -0.1) is 0 Å². The molecule has 0 atom stereocenters. The lowest BCUT2D eigenvalue weighted by Gasteiger charge is -2.03. The summed E-state index contributed by atoms with van der Waals surface area (Å²) >= 11 is 0. The second-order valence-corrected chi connectivity index (χ2v) is 4.88. The molecule has 4 nitrogen and oxygen atoms in total. The van der Waals surface area contributed by atoms with Crippen LogP contribution in [0.3, 0.4) is 0 Å². The molecule has 0 amide bonds. The van der Waals surface area contributed by atoms with Crippen LogP contribution in [-0.2, 0) is 13.5 Å². The Morgan fingerprint density at radius 2 is 1.89 bits per heavy atom. The minimum Gasteiger partial charge on any atom is -0.383 e. The predicted molar refractivity (Wildman–Crippen MR) is 78.7 cm³/mol. The molecule has 2 aromatic heterocycles. The van der Waals surface area contributed by atoms with Crippen molar-refractivity contribution in [3.05, 3.63) is 30.2 Å². The van der Waals surface area contributed by atoms with Gasteiger partial charge in [0.2, 0.25) is 0 Å². The summed E-state index contributed by atoms with van der Waals surface area (Å²) in [5.74, 6) is 0.733. The van der Waals surface area contributed by atoms with Crippen LogP contribution in [0.4, 0.5) is 5.82 Å². The van der Waals surface area contributed by atoms with E-state index in [-0.39, 0.29) is 0 Å². The number of anilines is 1. The summed E-state index contributed by atoms with van der Waals surface area (Å²) in [4.78, 5) is 4.06. The molecule has 0 bridgehead atoms. The Kier molecular flexibility index (Phi) is 4.55. The molecule has 0 radical (unpaired) electrons. The van der Waals surface area contributed by atoms with Gasteiger partial charge in [0.15, 0.2) is 0 Å². The minimum absolute atomic E-state index is 0.733. The van der Waals surface area contributed by atoms with Gasteiger partial charge in [0.1, 0.15) is 5.82 Å². The number of nitrogens with zero attached hydrogens (tertiary/aromatic N) is 3. The van der Waals surface area contributed by atoms with Crippen molar-refractivity contribution in [1.82, 2.24) is 14.8 Å². The Balaban J connectivity index is 2.22. The zero-order chi connectivity index (χ0) is 13.7. The number of rotatable bonds is 6. The van der Waals surface area contributed by atoms with E-state index < -0.39 is 0 Å². The van der Waals surface area contributed by atoms with E-state index >= 15 is 0 Å². The first-order chi connectivity index (χ1) is 9.24. The maximum atomic E-state index is 6.15. The lowest BCUT2D eigenvalue weighted by atomic mass is 10.0. The van der Waals surface area contributed by atoms with E-state index in [4.69, 9.17) is 5.73 Å². The van der Waals surface area contributed by atoms with Crippen molar-refractivity contribution in [2.75, 3.05) is 5.73 Å². The second-order valence-electron chi connectivity index (χ2n) is 4.88. The Hall–Kier alpha value is -1.84. The number of unbranched alkanes of at least 4 members (excludes halogenated alkanes) is 3. The fourth-order valence-corrected chi connectivity index (χ4v) is 2.32. The first-order valence-electron chi connectivity index (χ1n) is 6.95. The standard InChI is InChI=1S/C15H22N4/c1-3-4-5-6-7-13-14(15(16)19(2)18-13)12-8-10-17-11-9-12/h8-11H,3-7,16H2,1-2H3. The molecule has 0 aromatic carbocycles. The summed E-state index contributed by atoms with van der Waals surface area (Å²) < 4.78 is 1.77. The van der Waals surface area contributed by atoms with Crippen LogP contribution in [-0.4, -0.2) is 14.8 Å². The summed E-state index contributed by atoms with van der Waals surface area (Å²) in [6.45, 7) is 2.22. The number of aromatic nitrogens is 3. The Labute approximate surface area is 114 Å². The van der Waals surface area contributed by atoms with Crippen LogP contribution in [0.1, 0.15) is 38.3 Å². The summed E-state index contributed by atoms with van der Waals surface area (Å²) in [7, 11) is 1.90. The molecule has 2 aromatic rings. The Morgan fingerprint density at radius 1 is 1.16 bits per heavy atom. The maximum absolute atomic E-state index is 6.15. The lowest BCUT2D eigenvalue weighted by Crippen LogP contribution is -1.98. The van der Waals surface area contributed by atoms with Crippen molar-refractivity contribution < 1.29 is 0 Å². The van der Waals surface area contributed by atoms with Gasteiger partial charge < -0.3 is 5.73 Å². The fourth-order valence-electron chi connectivity index (χ4n) is 2.32. The molecule has 2 heterocycles. The number of aryl methyl sites for hydroxylation is 2. The number of hydrogen-bond donors (Lipinski definition) is 1. The highest BCUT2D eigenvalue weighted by molar-refractivity contribution is 5.76. The molecule has 0 saturated carbocycles. The van der Waals surface area contributed by atoms with E-state index in [1.807, 2.05) is 19.2 Å². The van der Waals surface area contributed by atoms with Crippen LogP contribution in [0, 0.1) is 0 Å². The highest BCUT2D eigenvalue weighted by Crippen LogP contribution is 2.29.